The van der Waals surface area contributed by atoms with E-state index in [1.54, 1.807) is 0 Å². The van der Waals surface area contributed by atoms with E-state index in [-0.39, 0.29) is 13.2 Å². The second-order valence-corrected chi connectivity index (χ2v) is 5.01. The van der Waals surface area contributed by atoms with Crippen LogP contribution in [0.15, 0.2) is 54.8 Å². The van der Waals surface area contributed by atoms with Gasteiger partial charge in [0.15, 0.2) is 0 Å². The van der Waals surface area contributed by atoms with Crippen molar-refractivity contribution in [3.63, 3.8) is 0 Å². The Hall–Kier alpha value is -1.80. The third-order valence-electron chi connectivity index (χ3n) is 3.43. The van der Waals surface area contributed by atoms with E-state index in [0.717, 1.165) is 11.5 Å². The SMILES string of the molecule is C=C(/C=C\C(=C/C)c1ccc(C2CC2)cc1)OCCO.CC. The predicted molar refractivity (Wildman–Crippen MR) is 94.7 cm³/mol. The molecule has 2 rings (SSSR count). The van der Waals surface area contributed by atoms with Crippen molar-refractivity contribution in [3.05, 3.63) is 66.0 Å². The number of ether oxygens (including phenoxy) is 1. The smallest absolute Gasteiger partial charge is 0.112 e. The molecular formula is C20H28O2. The minimum atomic E-state index is 0.00592. The summed E-state index contributed by atoms with van der Waals surface area (Å²) in [6.45, 7) is 10.1. The summed E-state index contributed by atoms with van der Waals surface area (Å²) in [6.07, 6.45) is 8.56. The number of hydrogen-bond donors (Lipinski definition) is 1. The Morgan fingerprint density at radius 3 is 2.36 bits per heavy atom. The first kappa shape index (κ1) is 18.2. The first-order chi connectivity index (χ1) is 10.7. The van der Waals surface area contributed by atoms with Crippen molar-refractivity contribution in [1.82, 2.24) is 0 Å². The molecule has 120 valence electrons. The minimum absolute atomic E-state index is 0.00592. The third kappa shape index (κ3) is 5.90. The molecule has 0 atom stereocenters. The van der Waals surface area contributed by atoms with Crippen molar-refractivity contribution in [2.75, 3.05) is 13.2 Å². The summed E-state index contributed by atoms with van der Waals surface area (Å²) in [5, 5.41) is 8.69. The number of rotatable bonds is 7. The van der Waals surface area contributed by atoms with Gasteiger partial charge in [-0.15, -0.1) is 0 Å². The van der Waals surface area contributed by atoms with Gasteiger partial charge in [0, 0.05) is 0 Å². The number of aliphatic hydroxyl groups excluding tert-OH is 1. The molecule has 1 aliphatic carbocycles. The molecule has 1 aromatic carbocycles. The molecule has 0 unspecified atom stereocenters. The van der Waals surface area contributed by atoms with Gasteiger partial charge in [0.05, 0.1) is 6.61 Å². The van der Waals surface area contributed by atoms with E-state index in [2.05, 4.69) is 36.9 Å². The average Bonchev–Trinajstić information content (AvgIpc) is 3.41. The van der Waals surface area contributed by atoms with E-state index in [0.29, 0.717) is 5.76 Å². The third-order valence-corrected chi connectivity index (χ3v) is 3.43. The Kier molecular flexibility index (Phi) is 8.31. The second kappa shape index (κ2) is 10.0. The summed E-state index contributed by atoms with van der Waals surface area (Å²) in [7, 11) is 0. The predicted octanol–water partition coefficient (Wildman–Crippen LogP) is 5.07. The summed E-state index contributed by atoms with van der Waals surface area (Å²) >= 11 is 0. The average molecular weight is 300 g/mol. The quantitative estimate of drug-likeness (QED) is 0.562. The van der Waals surface area contributed by atoms with Gasteiger partial charge < -0.3 is 9.84 Å². The van der Waals surface area contributed by atoms with E-state index < -0.39 is 0 Å². The standard InChI is InChI=1S/C18H22O2.C2H6/c1-3-15(5-4-14(2)20-13-12-19)16-6-8-17(9-7-16)18-10-11-18;1-2/h3-9,18-19H,2,10-13H2,1H3;1-2H3/b5-4-,15-3+;. The van der Waals surface area contributed by atoms with E-state index in [1.165, 1.54) is 24.0 Å². The molecule has 1 N–H and O–H groups in total. The van der Waals surface area contributed by atoms with Gasteiger partial charge >= 0.3 is 0 Å². The van der Waals surface area contributed by atoms with Crippen LogP contribution in [0.5, 0.6) is 0 Å². The fraction of sp³-hybridized carbons (Fsp3) is 0.400. The van der Waals surface area contributed by atoms with Gasteiger partial charge in [0.25, 0.3) is 0 Å². The lowest BCUT2D eigenvalue weighted by Crippen LogP contribution is -1.96. The van der Waals surface area contributed by atoms with Crippen LogP contribution in [0.2, 0.25) is 0 Å². The largest absolute Gasteiger partial charge is 0.492 e. The highest BCUT2D eigenvalue weighted by Gasteiger charge is 2.22. The molecular weight excluding hydrogens is 272 g/mol. The first-order valence-corrected chi connectivity index (χ1v) is 8.12. The molecule has 1 aromatic rings. The molecule has 1 fully saturated rings. The summed E-state index contributed by atoms with van der Waals surface area (Å²) in [6, 6.07) is 8.79. The van der Waals surface area contributed by atoms with Crippen LogP contribution in [-0.4, -0.2) is 18.3 Å². The lowest BCUT2D eigenvalue weighted by Gasteiger charge is -2.06. The molecule has 0 aromatic heterocycles. The molecule has 0 heterocycles. The summed E-state index contributed by atoms with van der Waals surface area (Å²) in [5.41, 5.74) is 3.79. The molecule has 0 aliphatic heterocycles. The highest BCUT2D eigenvalue weighted by Crippen LogP contribution is 2.40. The van der Waals surface area contributed by atoms with Crippen molar-refractivity contribution in [2.45, 2.75) is 39.5 Å². The summed E-state index contributed by atoms with van der Waals surface area (Å²) in [5.74, 6) is 1.35. The summed E-state index contributed by atoms with van der Waals surface area (Å²) < 4.78 is 5.22. The van der Waals surface area contributed by atoms with Crippen LogP contribution in [0.1, 0.15) is 50.7 Å². The van der Waals surface area contributed by atoms with Gasteiger partial charge in [-0.2, -0.15) is 0 Å². The Labute approximate surface area is 134 Å². The van der Waals surface area contributed by atoms with E-state index in [4.69, 9.17) is 9.84 Å². The summed E-state index contributed by atoms with van der Waals surface area (Å²) in [4.78, 5) is 0. The maximum atomic E-state index is 8.69. The van der Waals surface area contributed by atoms with Crippen LogP contribution in [0.4, 0.5) is 0 Å². The van der Waals surface area contributed by atoms with Gasteiger partial charge in [-0.1, -0.05) is 56.8 Å². The van der Waals surface area contributed by atoms with Crippen LogP contribution in [0, 0.1) is 0 Å². The van der Waals surface area contributed by atoms with Crippen molar-refractivity contribution < 1.29 is 9.84 Å². The monoisotopic (exact) mass is 300 g/mol. The Morgan fingerprint density at radius 2 is 1.86 bits per heavy atom. The van der Waals surface area contributed by atoms with Crippen molar-refractivity contribution in [2.24, 2.45) is 0 Å². The number of allylic oxidation sites excluding steroid dienone is 4. The molecule has 0 saturated heterocycles. The molecule has 2 heteroatoms. The van der Waals surface area contributed by atoms with Crippen LogP contribution in [0.25, 0.3) is 5.57 Å². The number of benzene rings is 1. The lowest BCUT2D eigenvalue weighted by atomic mass is 10.0. The number of aliphatic hydroxyl groups is 1. The Balaban J connectivity index is 0.00000116. The van der Waals surface area contributed by atoms with E-state index in [9.17, 15) is 0 Å². The van der Waals surface area contributed by atoms with Gasteiger partial charge in [0.2, 0.25) is 0 Å². The molecule has 1 aliphatic rings. The van der Waals surface area contributed by atoms with Crippen LogP contribution < -0.4 is 0 Å². The molecule has 0 amide bonds. The van der Waals surface area contributed by atoms with E-state index >= 15 is 0 Å². The van der Waals surface area contributed by atoms with E-state index in [1.807, 2.05) is 32.9 Å². The Bertz CT molecular complexity index is 505. The van der Waals surface area contributed by atoms with Gasteiger partial charge in [-0.05, 0) is 48.5 Å². The molecule has 1 saturated carbocycles. The zero-order valence-corrected chi connectivity index (χ0v) is 14.0. The Morgan fingerprint density at radius 1 is 1.23 bits per heavy atom. The molecule has 0 bridgehead atoms. The van der Waals surface area contributed by atoms with Gasteiger partial charge in [0.1, 0.15) is 12.4 Å². The fourth-order valence-electron chi connectivity index (χ4n) is 2.13. The van der Waals surface area contributed by atoms with Crippen molar-refractivity contribution >= 4 is 5.57 Å². The second-order valence-electron chi connectivity index (χ2n) is 5.01. The molecule has 22 heavy (non-hydrogen) atoms. The zero-order chi connectivity index (χ0) is 16.4. The fourth-order valence-corrected chi connectivity index (χ4v) is 2.13. The lowest BCUT2D eigenvalue weighted by molar-refractivity contribution is 0.153. The first-order valence-electron chi connectivity index (χ1n) is 8.12. The van der Waals surface area contributed by atoms with Crippen molar-refractivity contribution in [1.29, 1.82) is 0 Å². The van der Waals surface area contributed by atoms with Crippen LogP contribution >= 0.6 is 0 Å². The highest BCUT2D eigenvalue weighted by atomic mass is 16.5. The normalized spacial score (nSPS) is 14.5. The van der Waals surface area contributed by atoms with Crippen molar-refractivity contribution in [3.8, 4) is 0 Å². The highest BCUT2D eigenvalue weighted by molar-refractivity contribution is 5.74. The molecule has 0 spiro atoms. The maximum Gasteiger partial charge on any atom is 0.112 e. The zero-order valence-electron chi connectivity index (χ0n) is 14.0. The molecule has 2 nitrogen and oxygen atoms in total. The number of hydrogen-bond acceptors (Lipinski definition) is 2. The topological polar surface area (TPSA) is 29.5 Å². The minimum Gasteiger partial charge on any atom is -0.492 e. The van der Waals surface area contributed by atoms with Gasteiger partial charge in [-0.3, -0.25) is 0 Å². The van der Waals surface area contributed by atoms with Crippen LogP contribution in [-0.2, 0) is 4.74 Å². The molecule has 0 radical (unpaired) electrons. The van der Waals surface area contributed by atoms with Crippen LogP contribution in [0.3, 0.4) is 0 Å². The maximum absolute atomic E-state index is 8.69. The van der Waals surface area contributed by atoms with Gasteiger partial charge in [-0.25, -0.2) is 0 Å².